The average Bonchev–Trinajstić information content (AvgIpc) is 3.28. The standard InChI is InChI=1S/C19H18FN3OS/c20-17-8-2-1-7-16(17)18-13-25-19(22-14-5-3-9-21-11-14)23(18)12-15-6-4-10-24-15/h1-3,5,7-9,11,13,15H,4,6,10,12H2/p+1/t15-/m0/s1. The van der Waals surface area contributed by atoms with Crippen LogP contribution in [0.15, 0.2) is 54.2 Å². The normalized spacial score (nSPS) is 16.9. The van der Waals surface area contributed by atoms with Gasteiger partial charge in [0, 0.05) is 18.2 Å². The number of hydrogen-bond donors (Lipinski definition) is 1. The summed E-state index contributed by atoms with van der Waals surface area (Å²) < 4.78 is 22.3. The second-order valence-electron chi connectivity index (χ2n) is 6.02. The first-order chi connectivity index (χ1) is 12.3. The van der Waals surface area contributed by atoms with E-state index in [0.717, 1.165) is 36.0 Å². The molecule has 2 aromatic heterocycles. The molecule has 4 nitrogen and oxygen atoms in total. The van der Waals surface area contributed by atoms with Crippen molar-refractivity contribution < 1.29 is 13.7 Å². The summed E-state index contributed by atoms with van der Waals surface area (Å²) in [7, 11) is 0. The van der Waals surface area contributed by atoms with Crippen LogP contribution in [0.1, 0.15) is 12.8 Å². The summed E-state index contributed by atoms with van der Waals surface area (Å²) >= 11 is 1.56. The van der Waals surface area contributed by atoms with Crippen molar-refractivity contribution in [1.82, 2.24) is 4.98 Å². The molecule has 1 aliphatic rings. The maximum absolute atomic E-state index is 14.3. The molecule has 1 fully saturated rings. The van der Waals surface area contributed by atoms with Gasteiger partial charge in [0.2, 0.25) is 0 Å². The first kappa shape index (κ1) is 16.2. The number of hydrogen-bond acceptors (Lipinski definition) is 4. The lowest BCUT2D eigenvalue weighted by atomic mass is 10.1. The zero-order valence-electron chi connectivity index (χ0n) is 13.7. The highest BCUT2D eigenvalue weighted by molar-refractivity contribution is 7.13. The van der Waals surface area contributed by atoms with E-state index in [1.54, 1.807) is 29.8 Å². The number of benzene rings is 1. The number of nitrogens with one attached hydrogen (secondary N) is 1. The fraction of sp³-hybridized carbons (Fsp3) is 0.263. The molecule has 1 aliphatic heterocycles. The van der Waals surface area contributed by atoms with Gasteiger partial charge in [-0.3, -0.25) is 4.98 Å². The van der Waals surface area contributed by atoms with E-state index in [4.69, 9.17) is 4.74 Å². The number of aromatic nitrogens is 2. The molecule has 6 heteroatoms. The quantitative estimate of drug-likeness (QED) is 0.698. The Bertz CT molecular complexity index is 847. The number of pyridine rings is 1. The Morgan fingerprint density at radius 1 is 1.28 bits per heavy atom. The molecular formula is C19H19FN3OS+. The van der Waals surface area contributed by atoms with Crippen LogP contribution in [0.3, 0.4) is 0 Å². The molecule has 0 saturated carbocycles. The van der Waals surface area contributed by atoms with Crippen LogP contribution in [0, 0.1) is 5.82 Å². The minimum Gasteiger partial charge on any atom is -0.374 e. The molecule has 25 heavy (non-hydrogen) atoms. The van der Waals surface area contributed by atoms with Crippen molar-refractivity contribution in [3.63, 3.8) is 0 Å². The SMILES string of the molecule is Fc1ccccc1-c1csc(Nc2cccnc2)[n+]1C[C@@H]1CCCO1. The Kier molecular flexibility index (Phi) is 4.72. The fourth-order valence-corrected chi connectivity index (χ4v) is 4.01. The smallest absolute Gasteiger partial charge is 0.339 e. The number of halogens is 1. The molecule has 0 aliphatic carbocycles. The molecule has 3 heterocycles. The highest BCUT2D eigenvalue weighted by Crippen LogP contribution is 2.28. The van der Waals surface area contributed by atoms with Gasteiger partial charge in [0.15, 0.2) is 0 Å². The topological polar surface area (TPSA) is 38.0 Å². The number of thiazole rings is 1. The number of anilines is 2. The molecule has 0 bridgehead atoms. The summed E-state index contributed by atoms with van der Waals surface area (Å²) in [6.45, 7) is 1.51. The molecular weight excluding hydrogens is 337 g/mol. The van der Waals surface area contributed by atoms with Crippen molar-refractivity contribution in [2.75, 3.05) is 11.9 Å². The zero-order chi connectivity index (χ0) is 17.1. The zero-order valence-corrected chi connectivity index (χ0v) is 14.5. The molecule has 0 spiro atoms. The Balaban J connectivity index is 1.72. The van der Waals surface area contributed by atoms with Gasteiger partial charge < -0.3 is 4.74 Å². The van der Waals surface area contributed by atoms with Crippen LogP contribution in [0.25, 0.3) is 11.3 Å². The lowest BCUT2D eigenvalue weighted by Gasteiger charge is -2.11. The van der Waals surface area contributed by atoms with Crippen LogP contribution in [0.5, 0.6) is 0 Å². The van der Waals surface area contributed by atoms with E-state index in [9.17, 15) is 4.39 Å². The first-order valence-corrected chi connectivity index (χ1v) is 9.24. The highest BCUT2D eigenvalue weighted by Gasteiger charge is 2.26. The van der Waals surface area contributed by atoms with Crippen LogP contribution < -0.4 is 9.88 Å². The van der Waals surface area contributed by atoms with Gasteiger partial charge in [-0.25, -0.2) is 14.3 Å². The van der Waals surface area contributed by atoms with Gasteiger partial charge in [0.1, 0.15) is 23.7 Å². The largest absolute Gasteiger partial charge is 0.374 e. The highest BCUT2D eigenvalue weighted by atomic mass is 32.1. The number of nitrogens with zero attached hydrogens (tertiary/aromatic N) is 2. The first-order valence-electron chi connectivity index (χ1n) is 8.36. The van der Waals surface area contributed by atoms with Crippen molar-refractivity contribution in [3.8, 4) is 11.3 Å². The molecule has 4 rings (SSSR count). The molecule has 1 atom stereocenters. The van der Waals surface area contributed by atoms with E-state index in [1.165, 1.54) is 6.07 Å². The summed E-state index contributed by atoms with van der Waals surface area (Å²) in [5.41, 5.74) is 2.38. The second kappa shape index (κ2) is 7.29. The molecule has 128 valence electrons. The predicted molar refractivity (Wildman–Crippen MR) is 96.4 cm³/mol. The van der Waals surface area contributed by atoms with E-state index >= 15 is 0 Å². The predicted octanol–water partition coefficient (Wildman–Crippen LogP) is 4.16. The van der Waals surface area contributed by atoms with Crippen LogP contribution in [-0.2, 0) is 11.3 Å². The third-order valence-corrected chi connectivity index (χ3v) is 5.18. The molecule has 0 radical (unpaired) electrons. The van der Waals surface area contributed by atoms with Crippen LogP contribution in [0.2, 0.25) is 0 Å². The van der Waals surface area contributed by atoms with E-state index < -0.39 is 0 Å². The summed E-state index contributed by atoms with van der Waals surface area (Å²) in [6.07, 6.45) is 5.80. The van der Waals surface area contributed by atoms with E-state index in [1.807, 2.05) is 29.6 Å². The lowest BCUT2D eigenvalue weighted by Crippen LogP contribution is -2.41. The molecule has 0 unspecified atom stereocenters. The number of ether oxygens (including phenoxy) is 1. The van der Waals surface area contributed by atoms with Gasteiger partial charge in [0.25, 0.3) is 0 Å². The lowest BCUT2D eigenvalue weighted by molar-refractivity contribution is -0.675. The van der Waals surface area contributed by atoms with Crippen molar-refractivity contribution >= 4 is 22.2 Å². The Hall–Kier alpha value is -2.31. The third kappa shape index (κ3) is 3.55. The van der Waals surface area contributed by atoms with E-state index in [2.05, 4.69) is 14.9 Å². The van der Waals surface area contributed by atoms with Gasteiger partial charge in [-0.1, -0.05) is 23.5 Å². The van der Waals surface area contributed by atoms with Gasteiger partial charge >= 0.3 is 5.13 Å². The van der Waals surface area contributed by atoms with Crippen LogP contribution >= 0.6 is 11.3 Å². The van der Waals surface area contributed by atoms with Crippen molar-refractivity contribution in [3.05, 3.63) is 60.0 Å². The molecule has 0 amide bonds. The van der Waals surface area contributed by atoms with Gasteiger partial charge in [-0.15, -0.1) is 0 Å². The Morgan fingerprint density at radius 3 is 2.96 bits per heavy atom. The third-order valence-electron chi connectivity index (χ3n) is 4.29. The monoisotopic (exact) mass is 356 g/mol. The molecule has 1 saturated heterocycles. The summed E-state index contributed by atoms with van der Waals surface area (Å²) in [6, 6.07) is 10.7. The van der Waals surface area contributed by atoms with Crippen molar-refractivity contribution in [1.29, 1.82) is 0 Å². The molecule has 3 aromatic rings. The average molecular weight is 356 g/mol. The second-order valence-corrected chi connectivity index (χ2v) is 6.88. The molecule has 1 aromatic carbocycles. The van der Waals surface area contributed by atoms with E-state index in [0.29, 0.717) is 12.1 Å². The van der Waals surface area contributed by atoms with Gasteiger partial charge in [-0.2, -0.15) is 0 Å². The van der Waals surface area contributed by atoms with Crippen LogP contribution in [0.4, 0.5) is 15.2 Å². The minimum atomic E-state index is -0.214. The maximum atomic E-state index is 14.3. The van der Waals surface area contributed by atoms with Crippen LogP contribution in [-0.4, -0.2) is 17.7 Å². The Morgan fingerprint density at radius 2 is 2.20 bits per heavy atom. The van der Waals surface area contributed by atoms with Gasteiger partial charge in [-0.05, 0) is 37.1 Å². The van der Waals surface area contributed by atoms with Gasteiger partial charge in [0.05, 0.1) is 17.9 Å². The molecule has 1 N–H and O–H groups in total. The van der Waals surface area contributed by atoms with Crippen molar-refractivity contribution in [2.45, 2.75) is 25.5 Å². The summed E-state index contributed by atoms with van der Waals surface area (Å²) in [5.74, 6) is -0.214. The minimum absolute atomic E-state index is 0.166. The summed E-state index contributed by atoms with van der Waals surface area (Å²) in [5, 5.41) is 6.34. The fourth-order valence-electron chi connectivity index (χ4n) is 3.06. The maximum Gasteiger partial charge on any atom is 0.339 e. The van der Waals surface area contributed by atoms with E-state index in [-0.39, 0.29) is 11.9 Å². The Labute approximate surface area is 149 Å². The number of rotatable bonds is 5. The summed E-state index contributed by atoms with van der Waals surface area (Å²) in [4.78, 5) is 4.14. The van der Waals surface area contributed by atoms with Crippen molar-refractivity contribution in [2.24, 2.45) is 0 Å².